The molecule has 0 unspecified atom stereocenters. The fourth-order valence-corrected chi connectivity index (χ4v) is 2.89. The van der Waals surface area contributed by atoms with Gasteiger partial charge in [0, 0.05) is 23.7 Å². The van der Waals surface area contributed by atoms with Crippen LogP contribution in [0, 0.1) is 11.7 Å². The summed E-state index contributed by atoms with van der Waals surface area (Å²) in [5, 5.41) is 9.11. The number of esters is 1. The Balaban J connectivity index is 1.71. The Kier molecular flexibility index (Phi) is 5.75. The van der Waals surface area contributed by atoms with Gasteiger partial charge in [0.2, 0.25) is 0 Å². The minimum absolute atomic E-state index is 0.0411. The zero-order valence-electron chi connectivity index (χ0n) is 14.1. The maximum Gasteiger partial charge on any atom is 0.338 e. The smallest absolute Gasteiger partial charge is 0.338 e. The number of halogens is 1. The predicted molar refractivity (Wildman–Crippen MR) is 91.5 cm³/mol. The van der Waals surface area contributed by atoms with Gasteiger partial charge in [0.15, 0.2) is 5.78 Å². The van der Waals surface area contributed by atoms with Gasteiger partial charge in [-0.05, 0) is 36.8 Å². The summed E-state index contributed by atoms with van der Waals surface area (Å²) in [4.78, 5) is 25.1. The van der Waals surface area contributed by atoms with E-state index >= 15 is 0 Å². The van der Waals surface area contributed by atoms with Crippen molar-refractivity contribution in [1.82, 2.24) is 0 Å². The summed E-state index contributed by atoms with van der Waals surface area (Å²) >= 11 is 0. The molecule has 3 rings (SSSR count). The Hall–Kier alpha value is -2.57. The Morgan fingerprint density at radius 1 is 1.12 bits per heavy atom. The van der Waals surface area contributed by atoms with Crippen LogP contribution in [0.5, 0.6) is 0 Å². The highest BCUT2D eigenvalue weighted by Gasteiger charge is 2.27. The molecular weight excluding hydrogens is 339 g/mol. The van der Waals surface area contributed by atoms with Crippen LogP contribution in [-0.4, -0.2) is 42.8 Å². The van der Waals surface area contributed by atoms with Gasteiger partial charge in [-0.1, -0.05) is 18.2 Å². The second-order valence-corrected chi connectivity index (χ2v) is 6.22. The molecule has 0 aliphatic carbocycles. The number of ketones is 1. The summed E-state index contributed by atoms with van der Waals surface area (Å²) < 4.78 is 23.8. The van der Waals surface area contributed by atoms with Crippen LogP contribution in [0.15, 0.2) is 48.5 Å². The average molecular weight is 358 g/mol. The lowest BCUT2D eigenvalue weighted by Crippen LogP contribution is -2.20. The minimum atomic E-state index is -0.618. The summed E-state index contributed by atoms with van der Waals surface area (Å²) in [5.41, 5.74) is 0.639. The van der Waals surface area contributed by atoms with E-state index in [1.54, 1.807) is 12.1 Å². The molecule has 1 fully saturated rings. The van der Waals surface area contributed by atoms with Crippen molar-refractivity contribution >= 4 is 11.8 Å². The molecule has 1 aliphatic rings. The zero-order valence-corrected chi connectivity index (χ0v) is 14.1. The molecule has 1 saturated heterocycles. The molecule has 5 nitrogen and oxygen atoms in total. The maximum absolute atomic E-state index is 13.0. The fraction of sp³-hybridized carbons (Fsp3) is 0.300. The third kappa shape index (κ3) is 4.15. The molecule has 0 amide bonds. The van der Waals surface area contributed by atoms with Crippen molar-refractivity contribution in [2.45, 2.75) is 12.5 Å². The summed E-state index contributed by atoms with van der Waals surface area (Å²) in [7, 11) is 0. The number of carbonyl (C=O) groups excluding carboxylic acids is 2. The molecule has 1 N–H and O–H groups in total. The highest BCUT2D eigenvalue weighted by molar-refractivity contribution is 6.14. The monoisotopic (exact) mass is 358 g/mol. The van der Waals surface area contributed by atoms with E-state index in [-0.39, 0.29) is 47.7 Å². The summed E-state index contributed by atoms with van der Waals surface area (Å²) in [6.45, 7) is 0.548. The zero-order chi connectivity index (χ0) is 18.5. The number of hydrogen-bond acceptors (Lipinski definition) is 5. The van der Waals surface area contributed by atoms with Crippen molar-refractivity contribution in [3.8, 4) is 0 Å². The van der Waals surface area contributed by atoms with Gasteiger partial charge in [-0.25, -0.2) is 9.18 Å². The number of aliphatic hydroxyl groups excluding tert-OH is 1. The van der Waals surface area contributed by atoms with Gasteiger partial charge in [0.25, 0.3) is 0 Å². The quantitative estimate of drug-likeness (QED) is 0.635. The Morgan fingerprint density at radius 2 is 1.81 bits per heavy atom. The lowest BCUT2D eigenvalue weighted by atomic mass is 9.98. The second-order valence-electron chi connectivity index (χ2n) is 6.22. The van der Waals surface area contributed by atoms with E-state index in [1.165, 1.54) is 36.4 Å². The SMILES string of the molecule is O=C(OC[C@@H]1C[C@H](CO)CO1)c1ccccc1C(=O)c1ccc(F)cc1. The summed E-state index contributed by atoms with van der Waals surface area (Å²) in [6.07, 6.45) is 0.371. The van der Waals surface area contributed by atoms with Crippen LogP contribution in [0.25, 0.3) is 0 Å². The van der Waals surface area contributed by atoms with Crippen LogP contribution in [0.1, 0.15) is 32.7 Å². The van der Waals surface area contributed by atoms with Gasteiger partial charge < -0.3 is 14.6 Å². The highest BCUT2D eigenvalue weighted by atomic mass is 19.1. The predicted octanol–water partition coefficient (Wildman–Crippen LogP) is 2.61. The molecule has 2 aromatic rings. The van der Waals surface area contributed by atoms with Crippen molar-refractivity contribution in [2.24, 2.45) is 5.92 Å². The highest BCUT2D eigenvalue weighted by Crippen LogP contribution is 2.21. The van der Waals surface area contributed by atoms with E-state index in [9.17, 15) is 14.0 Å². The first kappa shape index (κ1) is 18.2. The molecule has 1 heterocycles. The first-order valence-corrected chi connectivity index (χ1v) is 8.37. The lowest BCUT2D eigenvalue weighted by molar-refractivity contribution is 0.0153. The second kappa shape index (κ2) is 8.21. The van der Waals surface area contributed by atoms with Crippen LogP contribution in [0.3, 0.4) is 0 Å². The summed E-state index contributed by atoms with van der Waals surface area (Å²) in [6, 6.07) is 11.5. The van der Waals surface area contributed by atoms with Crippen molar-refractivity contribution in [1.29, 1.82) is 0 Å². The molecule has 136 valence electrons. The van der Waals surface area contributed by atoms with Crippen LogP contribution in [0.4, 0.5) is 4.39 Å². The molecule has 6 heteroatoms. The van der Waals surface area contributed by atoms with E-state index in [0.29, 0.717) is 13.0 Å². The van der Waals surface area contributed by atoms with Crippen molar-refractivity contribution in [3.63, 3.8) is 0 Å². The topological polar surface area (TPSA) is 72.8 Å². The Labute approximate surface area is 150 Å². The van der Waals surface area contributed by atoms with Gasteiger partial charge in [0.05, 0.1) is 18.3 Å². The van der Waals surface area contributed by atoms with E-state index in [0.717, 1.165) is 0 Å². The number of ether oxygens (including phenoxy) is 2. The minimum Gasteiger partial charge on any atom is -0.459 e. The number of hydrogen-bond donors (Lipinski definition) is 1. The van der Waals surface area contributed by atoms with Gasteiger partial charge >= 0.3 is 5.97 Å². The van der Waals surface area contributed by atoms with Gasteiger partial charge in [-0.15, -0.1) is 0 Å². The number of rotatable bonds is 6. The standard InChI is InChI=1S/C20H19FO5/c21-15-7-5-14(6-8-15)19(23)17-3-1-2-4-18(17)20(24)26-12-16-9-13(10-22)11-25-16/h1-8,13,16,22H,9-12H2/t13-,16+/m1/s1. The largest absolute Gasteiger partial charge is 0.459 e. The Bertz CT molecular complexity index is 787. The molecule has 1 aliphatic heterocycles. The van der Waals surface area contributed by atoms with Gasteiger partial charge in [-0.2, -0.15) is 0 Å². The normalized spacial score (nSPS) is 19.3. The third-order valence-corrected chi connectivity index (χ3v) is 4.32. The van der Waals surface area contributed by atoms with Gasteiger partial charge in [0.1, 0.15) is 12.4 Å². The molecule has 0 radical (unpaired) electrons. The van der Waals surface area contributed by atoms with Crippen molar-refractivity contribution in [3.05, 3.63) is 71.0 Å². The Morgan fingerprint density at radius 3 is 2.46 bits per heavy atom. The van der Waals surface area contributed by atoms with E-state index in [1.807, 2.05) is 0 Å². The fourth-order valence-electron chi connectivity index (χ4n) is 2.89. The molecule has 26 heavy (non-hydrogen) atoms. The number of aliphatic hydroxyl groups is 1. The molecular formula is C20H19FO5. The lowest BCUT2D eigenvalue weighted by Gasteiger charge is -2.12. The van der Waals surface area contributed by atoms with E-state index in [4.69, 9.17) is 14.6 Å². The molecule has 2 atom stereocenters. The van der Waals surface area contributed by atoms with Crippen LogP contribution >= 0.6 is 0 Å². The van der Waals surface area contributed by atoms with Crippen LogP contribution in [0.2, 0.25) is 0 Å². The third-order valence-electron chi connectivity index (χ3n) is 4.32. The van der Waals surface area contributed by atoms with Crippen LogP contribution in [-0.2, 0) is 9.47 Å². The molecule has 0 bridgehead atoms. The van der Waals surface area contributed by atoms with Crippen LogP contribution < -0.4 is 0 Å². The average Bonchev–Trinajstić information content (AvgIpc) is 3.14. The van der Waals surface area contributed by atoms with E-state index in [2.05, 4.69) is 0 Å². The first-order chi connectivity index (χ1) is 12.6. The number of carbonyl (C=O) groups is 2. The first-order valence-electron chi connectivity index (χ1n) is 8.37. The van der Waals surface area contributed by atoms with E-state index < -0.39 is 11.8 Å². The molecule has 0 saturated carbocycles. The molecule has 0 aromatic heterocycles. The molecule has 0 spiro atoms. The van der Waals surface area contributed by atoms with Crippen molar-refractivity contribution in [2.75, 3.05) is 19.8 Å². The summed E-state index contributed by atoms with van der Waals surface area (Å²) in [5.74, 6) is -1.37. The van der Waals surface area contributed by atoms with Gasteiger partial charge in [-0.3, -0.25) is 4.79 Å². The maximum atomic E-state index is 13.0. The molecule has 2 aromatic carbocycles. The number of benzene rings is 2. The van der Waals surface area contributed by atoms with Crippen molar-refractivity contribution < 1.29 is 28.6 Å².